The van der Waals surface area contributed by atoms with Gasteiger partial charge >= 0.3 is 0 Å². The van der Waals surface area contributed by atoms with Gasteiger partial charge in [0.05, 0.1) is 17.7 Å². The van der Waals surface area contributed by atoms with Crippen molar-refractivity contribution in [1.82, 2.24) is 0 Å². The number of para-hydroxylation sites is 1. The molecule has 1 fully saturated rings. The van der Waals surface area contributed by atoms with Crippen LogP contribution in [0, 0.1) is 6.92 Å². The first-order valence-electron chi connectivity index (χ1n) is 7.50. The van der Waals surface area contributed by atoms with Crippen LogP contribution in [0.2, 0.25) is 0 Å². The van der Waals surface area contributed by atoms with Crippen LogP contribution in [0.5, 0.6) is 5.75 Å². The summed E-state index contributed by atoms with van der Waals surface area (Å²) in [6.45, 7) is 3.75. The van der Waals surface area contributed by atoms with Gasteiger partial charge in [0.1, 0.15) is 5.75 Å². The first kappa shape index (κ1) is 16.3. The van der Waals surface area contributed by atoms with Gasteiger partial charge in [-0.25, -0.2) is 4.90 Å². The monoisotopic (exact) mass is 339 g/mol. The highest BCUT2D eigenvalue weighted by Crippen LogP contribution is 2.39. The molecule has 3 rings (SSSR count). The molecule has 1 aliphatic heterocycles. The molecule has 0 radical (unpaired) electrons. The Labute approximate surface area is 145 Å². The lowest BCUT2D eigenvalue weighted by atomic mass is 10.1. The van der Waals surface area contributed by atoms with Crippen molar-refractivity contribution < 1.29 is 14.3 Å². The summed E-state index contributed by atoms with van der Waals surface area (Å²) in [7, 11) is 1.61. The van der Waals surface area contributed by atoms with E-state index in [1.807, 2.05) is 56.3 Å². The highest BCUT2D eigenvalue weighted by molar-refractivity contribution is 8.19. The van der Waals surface area contributed by atoms with Crippen LogP contribution in [-0.4, -0.2) is 18.3 Å². The van der Waals surface area contributed by atoms with Crippen molar-refractivity contribution >= 4 is 34.2 Å². The van der Waals surface area contributed by atoms with Crippen LogP contribution in [0.1, 0.15) is 18.1 Å². The van der Waals surface area contributed by atoms with Crippen LogP contribution in [0.3, 0.4) is 0 Å². The maximum atomic E-state index is 12.8. The van der Waals surface area contributed by atoms with E-state index in [1.165, 1.54) is 4.90 Å². The standard InChI is InChI=1S/C19H17NO3S/c1-12-6-4-5-7-16(12)20-18(21)17(24-19(20)22)13(2)14-8-10-15(23-3)11-9-14/h4-11H,1-3H3/b17-13-. The second-order valence-electron chi connectivity index (χ2n) is 5.48. The van der Waals surface area contributed by atoms with Crippen molar-refractivity contribution in [2.24, 2.45) is 0 Å². The predicted molar refractivity (Wildman–Crippen MR) is 97.2 cm³/mol. The minimum absolute atomic E-state index is 0.267. The number of thioether (sulfide) groups is 1. The smallest absolute Gasteiger partial charge is 0.298 e. The van der Waals surface area contributed by atoms with Crippen LogP contribution in [0.25, 0.3) is 5.57 Å². The van der Waals surface area contributed by atoms with Crippen LogP contribution in [-0.2, 0) is 4.79 Å². The summed E-state index contributed by atoms with van der Waals surface area (Å²) in [4.78, 5) is 26.9. The number of nitrogens with zero attached hydrogens (tertiary/aromatic N) is 1. The molecule has 0 atom stereocenters. The maximum absolute atomic E-state index is 12.8. The number of benzene rings is 2. The van der Waals surface area contributed by atoms with E-state index in [-0.39, 0.29) is 11.1 Å². The lowest BCUT2D eigenvalue weighted by molar-refractivity contribution is -0.113. The number of methoxy groups -OCH3 is 1. The normalized spacial score (nSPS) is 16.5. The van der Waals surface area contributed by atoms with Gasteiger partial charge in [-0.2, -0.15) is 0 Å². The average molecular weight is 339 g/mol. The maximum Gasteiger partial charge on any atom is 0.298 e. The molecule has 0 aromatic heterocycles. The lowest BCUT2D eigenvalue weighted by Crippen LogP contribution is -2.28. The third-order valence-electron chi connectivity index (χ3n) is 3.99. The van der Waals surface area contributed by atoms with Crippen molar-refractivity contribution in [3.8, 4) is 5.75 Å². The number of amides is 2. The molecule has 0 unspecified atom stereocenters. The predicted octanol–water partition coefficient (Wildman–Crippen LogP) is 4.63. The fraction of sp³-hybridized carbons (Fsp3) is 0.158. The van der Waals surface area contributed by atoms with Crippen LogP contribution in [0.15, 0.2) is 53.4 Å². The third kappa shape index (κ3) is 2.83. The van der Waals surface area contributed by atoms with Crippen molar-refractivity contribution in [3.63, 3.8) is 0 Å². The van der Waals surface area contributed by atoms with Crippen molar-refractivity contribution in [2.75, 3.05) is 12.0 Å². The fourth-order valence-electron chi connectivity index (χ4n) is 2.59. The van der Waals surface area contributed by atoms with E-state index in [0.29, 0.717) is 10.6 Å². The molecule has 0 N–H and O–H groups in total. The molecule has 2 aromatic rings. The molecule has 4 nitrogen and oxygen atoms in total. The third-order valence-corrected chi connectivity index (χ3v) is 5.03. The topological polar surface area (TPSA) is 46.6 Å². The molecule has 0 bridgehead atoms. The number of rotatable bonds is 3. The summed E-state index contributed by atoms with van der Waals surface area (Å²) in [5, 5.41) is -0.267. The SMILES string of the molecule is COc1ccc(/C(C)=C2\SC(=O)N(c3ccccc3C)C2=O)cc1. The van der Waals surface area contributed by atoms with E-state index in [1.54, 1.807) is 13.2 Å². The van der Waals surface area contributed by atoms with Gasteiger partial charge in [0.15, 0.2) is 0 Å². The quantitative estimate of drug-likeness (QED) is 0.765. The molecule has 1 aliphatic rings. The van der Waals surface area contributed by atoms with E-state index in [4.69, 9.17) is 4.74 Å². The number of ether oxygens (including phenoxy) is 1. The number of anilines is 1. The van der Waals surface area contributed by atoms with E-state index in [9.17, 15) is 9.59 Å². The lowest BCUT2D eigenvalue weighted by Gasteiger charge is -2.15. The van der Waals surface area contributed by atoms with E-state index >= 15 is 0 Å². The Morgan fingerprint density at radius 3 is 2.33 bits per heavy atom. The highest BCUT2D eigenvalue weighted by Gasteiger charge is 2.38. The molecule has 2 aromatic carbocycles. The van der Waals surface area contributed by atoms with Gasteiger partial charge < -0.3 is 4.74 Å². The summed E-state index contributed by atoms with van der Waals surface area (Å²) in [5.41, 5.74) is 3.21. The van der Waals surface area contributed by atoms with Gasteiger partial charge in [0, 0.05) is 0 Å². The number of hydrogen-bond acceptors (Lipinski definition) is 4. The van der Waals surface area contributed by atoms with E-state index < -0.39 is 0 Å². The number of aryl methyl sites for hydroxylation is 1. The molecule has 0 saturated carbocycles. The number of imide groups is 1. The molecule has 0 spiro atoms. The Hall–Kier alpha value is -2.53. The van der Waals surface area contributed by atoms with E-state index in [0.717, 1.165) is 34.2 Å². The summed E-state index contributed by atoms with van der Waals surface area (Å²) in [6, 6.07) is 14.8. The van der Waals surface area contributed by atoms with Gasteiger partial charge in [-0.05, 0) is 60.5 Å². The van der Waals surface area contributed by atoms with Crippen LogP contribution < -0.4 is 9.64 Å². The molecule has 2 amide bonds. The van der Waals surface area contributed by atoms with Crippen molar-refractivity contribution in [3.05, 3.63) is 64.6 Å². The van der Waals surface area contributed by atoms with Gasteiger partial charge in [-0.1, -0.05) is 30.3 Å². The summed E-state index contributed by atoms with van der Waals surface area (Å²) in [5.74, 6) is 0.479. The average Bonchev–Trinajstić information content (AvgIpc) is 2.89. The van der Waals surface area contributed by atoms with Gasteiger partial charge in [-0.15, -0.1) is 0 Å². The molecule has 122 valence electrons. The number of hydrogen-bond donors (Lipinski definition) is 0. The minimum atomic E-state index is -0.271. The van der Waals surface area contributed by atoms with Crippen molar-refractivity contribution in [1.29, 1.82) is 0 Å². The molecule has 1 saturated heterocycles. The summed E-state index contributed by atoms with van der Waals surface area (Å²) >= 11 is 0.984. The van der Waals surface area contributed by atoms with Gasteiger partial charge in [0.25, 0.3) is 11.1 Å². The van der Waals surface area contributed by atoms with Crippen LogP contribution >= 0.6 is 11.8 Å². The summed E-state index contributed by atoms with van der Waals surface area (Å²) < 4.78 is 5.15. The Morgan fingerprint density at radius 2 is 1.71 bits per heavy atom. The highest BCUT2D eigenvalue weighted by atomic mass is 32.2. The molecular weight excluding hydrogens is 322 g/mol. The Kier molecular flexibility index (Phi) is 4.44. The van der Waals surface area contributed by atoms with Gasteiger partial charge in [-0.3, -0.25) is 9.59 Å². The Bertz CT molecular complexity index is 840. The zero-order valence-electron chi connectivity index (χ0n) is 13.7. The second-order valence-corrected chi connectivity index (χ2v) is 6.44. The molecule has 24 heavy (non-hydrogen) atoms. The van der Waals surface area contributed by atoms with Gasteiger partial charge in [0.2, 0.25) is 0 Å². The second kappa shape index (κ2) is 6.53. The fourth-order valence-corrected chi connectivity index (χ4v) is 3.49. The molecule has 1 heterocycles. The molecular formula is C19H17NO3S. The largest absolute Gasteiger partial charge is 0.497 e. The zero-order chi connectivity index (χ0) is 17.3. The van der Waals surface area contributed by atoms with E-state index in [2.05, 4.69) is 0 Å². The van der Waals surface area contributed by atoms with Crippen LogP contribution in [0.4, 0.5) is 10.5 Å². The first-order valence-corrected chi connectivity index (χ1v) is 8.31. The number of carbonyl (C=O) groups excluding carboxylic acids is 2. The minimum Gasteiger partial charge on any atom is -0.497 e. The Balaban J connectivity index is 1.99. The van der Waals surface area contributed by atoms with Crippen molar-refractivity contribution in [2.45, 2.75) is 13.8 Å². The molecule has 0 aliphatic carbocycles. The Morgan fingerprint density at radius 1 is 1.04 bits per heavy atom. The zero-order valence-corrected chi connectivity index (χ0v) is 14.5. The number of carbonyl (C=O) groups is 2. The molecule has 5 heteroatoms. The first-order chi connectivity index (χ1) is 11.5. The summed E-state index contributed by atoms with van der Waals surface area (Å²) in [6.07, 6.45) is 0. The number of allylic oxidation sites excluding steroid dienone is 1.